The molecule has 0 saturated heterocycles. The average Bonchev–Trinajstić information content (AvgIpc) is 1.61. The number of benzene rings is 8. The van der Waals surface area contributed by atoms with Crippen LogP contribution in [-0.2, 0) is 0 Å². The molecule has 0 spiro atoms. The van der Waals surface area contributed by atoms with Crippen molar-refractivity contribution in [1.29, 1.82) is 0 Å². The number of carbonyl (C=O) groups is 4. The molecule has 13 nitrogen and oxygen atoms in total. The zero-order valence-electron chi connectivity index (χ0n) is 46.2. The first-order valence-corrected chi connectivity index (χ1v) is 27.7. The lowest BCUT2D eigenvalue weighted by molar-refractivity contribution is 0.0718. The second-order valence-electron chi connectivity index (χ2n) is 20.5. The van der Waals surface area contributed by atoms with E-state index in [0.717, 1.165) is 0 Å². The van der Waals surface area contributed by atoms with Gasteiger partial charge in [0.25, 0.3) is 0 Å². The maximum atomic E-state index is 14.7. The summed E-state index contributed by atoms with van der Waals surface area (Å²) >= 11 is 0. The summed E-state index contributed by atoms with van der Waals surface area (Å²) in [7, 11) is 0. The van der Waals surface area contributed by atoms with Crippen molar-refractivity contribution in [3.05, 3.63) is 344 Å². The molecule has 4 aliphatic rings. The fourth-order valence-corrected chi connectivity index (χ4v) is 10.8. The molecule has 8 aromatic carbocycles. The summed E-state index contributed by atoms with van der Waals surface area (Å²) in [5.74, 6) is -6.90. The van der Waals surface area contributed by atoms with E-state index in [-0.39, 0.29) is 45.3 Å². The lowest BCUT2D eigenvalue weighted by Crippen LogP contribution is -2.42. The SMILES string of the molecule is O=C(Oc1ccccc1F)c1ccc(C2=C3C=CC(=N3)C(c3ccc(C(=O)Oc4ccccc4F)cc3)=c3ccc4n3Nn3c2ccc3C(c2ccc(C(=O)Oc3ccccc3F)cc2)=C2C=CC(=N2)C=4c2ccc(C(=O)Oc3ccccc3F)cc2)cc1. The van der Waals surface area contributed by atoms with Crippen LogP contribution in [0.1, 0.15) is 75.1 Å². The van der Waals surface area contributed by atoms with Gasteiger partial charge in [0.2, 0.25) is 0 Å². The number of nitrogens with zero attached hydrogens (tertiary/aromatic N) is 4. The van der Waals surface area contributed by atoms with Crippen molar-refractivity contribution in [3.8, 4) is 23.0 Å². The summed E-state index contributed by atoms with van der Waals surface area (Å²) in [4.78, 5) is 65.0. The molecule has 10 aromatic rings. The highest BCUT2D eigenvalue weighted by Gasteiger charge is 2.30. The van der Waals surface area contributed by atoms with Gasteiger partial charge >= 0.3 is 23.9 Å². The van der Waals surface area contributed by atoms with Crippen LogP contribution in [0.3, 0.4) is 0 Å². The van der Waals surface area contributed by atoms with E-state index in [1.165, 1.54) is 72.8 Å². The number of nitrogens with one attached hydrogen (secondary N) is 1. The van der Waals surface area contributed by atoms with Gasteiger partial charge in [-0.1, -0.05) is 97.1 Å². The Morgan fingerprint density at radius 1 is 0.315 bits per heavy atom. The van der Waals surface area contributed by atoms with Crippen molar-refractivity contribution in [2.75, 3.05) is 5.53 Å². The summed E-state index contributed by atoms with van der Waals surface area (Å²) in [6.07, 6.45) is 7.46. The molecule has 0 unspecified atom stereocenters. The predicted octanol–water partition coefficient (Wildman–Crippen LogP) is 12.7. The van der Waals surface area contributed by atoms with Crippen LogP contribution in [0.2, 0.25) is 0 Å². The number of fused-ring (bicyclic) bond motifs is 2. The van der Waals surface area contributed by atoms with Crippen molar-refractivity contribution < 1.29 is 55.7 Å². The Bertz CT molecular complexity index is 4670. The summed E-state index contributed by atoms with van der Waals surface area (Å²) in [6.45, 7) is 0. The minimum Gasteiger partial charge on any atom is -0.420 e. The second kappa shape index (κ2) is 22.6. The van der Waals surface area contributed by atoms with Crippen molar-refractivity contribution in [2.24, 2.45) is 9.98 Å². The highest BCUT2D eigenvalue weighted by molar-refractivity contribution is 6.32. The van der Waals surface area contributed by atoms with E-state index >= 15 is 0 Å². The number of rotatable bonds is 12. The fourth-order valence-electron chi connectivity index (χ4n) is 10.8. The molecule has 6 heterocycles. The van der Waals surface area contributed by atoms with E-state index in [1.807, 2.05) is 57.9 Å². The van der Waals surface area contributed by atoms with Gasteiger partial charge in [0.15, 0.2) is 46.3 Å². The molecule has 0 radical (unpaired) electrons. The van der Waals surface area contributed by atoms with Crippen LogP contribution >= 0.6 is 0 Å². The summed E-state index contributed by atoms with van der Waals surface area (Å²) in [5.41, 5.74) is 12.1. The van der Waals surface area contributed by atoms with Crippen LogP contribution in [0.4, 0.5) is 17.6 Å². The molecule has 0 atom stereocenters. The molecule has 0 saturated carbocycles. The van der Waals surface area contributed by atoms with Gasteiger partial charge < -0.3 is 18.9 Å². The number of allylic oxidation sites excluding steroid dienone is 4. The van der Waals surface area contributed by atoms with Gasteiger partial charge in [0.1, 0.15) is 0 Å². The van der Waals surface area contributed by atoms with E-state index in [2.05, 4.69) is 5.53 Å². The fraction of sp³-hybridized carbons (Fsp3) is 0. The number of para-hydroxylation sites is 4. The van der Waals surface area contributed by atoms with Crippen LogP contribution in [0.5, 0.6) is 23.0 Å². The van der Waals surface area contributed by atoms with Gasteiger partial charge in [0, 0.05) is 22.3 Å². The number of aromatic nitrogens is 2. The number of halogens is 4. The Morgan fingerprint density at radius 3 is 0.888 bits per heavy atom. The van der Waals surface area contributed by atoms with Gasteiger partial charge in [-0.15, -0.1) is 0 Å². The van der Waals surface area contributed by atoms with Crippen molar-refractivity contribution in [1.82, 2.24) is 9.35 Å². The van der Waals surface area contributed by atoms with E-state index in [4.69, 9.17) is 28.9 Å². The normalized spacial score (nSPS) is 13.6. The van der Waals surface area contributed by atoms with Gasteiger partial charge in [-0.2, -0.15) is 0 Å². The Labute approximate surface area is 503 Å². The first-order valence-electron chi connectivity index (χ1n) is 27.7. The minimum absolute atomic E-state index is 0.136. The zero-order chi connectivity index (χ0) is 60.9. The maximum Gasteiger partial charge on any atom is 0.343 e. The molecular formula is C72H41F4N5O8. The standard InChI is InChI=1S/C72H41F4N5O8/c73-49-9-1-5-13-61(49)86-69(82)45-25-17-41(18-26-45)65-53-33-34-54(77-53)66(42-19-27-46(28-20-42)70(83)87-62-14-6-2-10-50(62)74)59-39-40-60-68(44-23-31-48(32-24-44)72(85)89-64-16-8-4-12-52(64)76)56-36-35-55(78-56)67(58-38-37-57(65)80(58)79-81(59)60)43-21-29-47(30-22-43)71(84)88-63-15-7-3-11-51(63)75/h1-40,79H. The highest BCUT2D eigenvalue weighted by atomic mass is 19.1. The molecule has 0 aliphatic carbocycles. The highest BCUT2D eigenvalue weighted by Crippen LogP contribution is 2.39. The Kier molecular flexibility index (Phi) is 13.9. The van der Waals surface area contributed by atoms with Crippen LogP contribution < -0.4 is 35.2 Å². The number of carbonyl (C=O) groups excluding carboxylic acids is 4. The quantitative estimate of drug-likeness (QED) is 0.0716. The molecule has 430 valence electrons. The molecule has 6 bridgehead atoms. The number of hydrogen-bond donors (Lipinski definition) is 1. The molecule has 0 amide bonds. The number of hydrogen-bond acceptors (Lipinski definition) is 11. The lowest BCUT2D eigenvalue weighted by Gasteiger charge is -2.24. The monoisotopic (exact) mass is 1180 g/mol. The van der Waals surface area contributed by atoms with Gasteiger partial charge in [-0.25, -0.2) is 61.6 Å². The van der Waals surface area contributed by atoms with Crippen LogP contribution in [0.15, 0.2) is 264 Å². The third-order valence-electron chi connectivity index (χ3n) is 15.1. The Morgan fingerprint density at radius 2 is 0.596 bits per heavy atom. The zero-order valence-corrected chi connectivity index (χ0v) is 46.2. The van der Waals surface area contributed by atoms with Gasteiger partial charge in [-0.05, 0) is 168 Å². The molecule has 89 heavy (non-hydrogen) atoms. The van der Waals surface area contributed by atoms with Gasteiger partial charge in [-0.3, -0.25) is 0 Å². The van der Waals surface area contributed by atoms with Crippen LogP contribution in [0.25, 0.3) is 22.3 Å². The van der Waals surface area contributed by atoms with Crippen LogP contribution in [-0.4, -0.2) is 44.7 Å². The first-order chi connectivity index (χ1) is 43.4. The summed E-state index contributed by atoms with van der Waals surface area (Å²) in [5, 5.41) is 1.12. The van der Waals surface area contributed by atoms with Crippen LogP contribution in [0, 0.1) is 23.3 Å². The summed E-state index contributed by atoms with van der Waals surface area (Å²) < 4.78 is 84.5. The van der Waals surface area contributed by atoms with E-state index in [9.17, 15) is 36.7 Å². The number of aliphatic imine (C=N–C) groups is 2. The third-order valence-corrected chi connectivity index (χ3v) is 15.1. The topological polar surface area (TPSA) is 152 Å². The van der Waals surface area contributed by atoms with Gasteiger partial charge in [0.05, 0.1) is 67.2 Å². The lowest BCUT2D eigenvalue weighted by atomic mass is 9.99. The number of esters is 4. The molecule has 0 fully saturated rings. The molecule has 4 aliphatic heterocycles. The van der Waals surface area contributed by atoms with E-state index in [0.29, 0.717) is 89.4 Å². The molecule has 2 aromatic heterocycles. The van der Waals surface area contributed by atoms with E-state index in [1.54, 1.807) is 121 Å². The first kappa shape index (κ1) is 54.7. The van der Waals surface area contributed by atoms with Crippen molar-refractivity contribution >= 4 is 57.6 Å². The third kappa shape index (κ3) is 10.3. The smallest absolute Gasteiger partial charge is 0.343 e. The Balaban J connectivity index is 0.979. The molecule has 1 N–H and O–H groups in total. The average molecular weight is 1180 g/mol. The summed E-state index contributed by atoms with van der Waals surface area (Å²) in [6, 6.07) is 56.5. The largest absolute Gasteiger partial charge is 0.420 e. The predicted molar refractivity (Wildman–Crippen MR) is 324 cm³/mol. The number of ether oxygens (including phenoxy) is 4. The maximum absolute atomic E-state index is 14.7. The Hall–Kier alpha value is -12.2. The molecular weight excluding hydrogens is 1140 g/mol. The molecule has 17 heteroatoms. The van der Waals surface area contributed by atoms with Crippen molar-refractivity contribution in [2.45, 2.75) is 0 Å². The molecule has 14 rings (SSSR count). The minimum atomic E-state index is -0.789. The van der Waals surface area contributed by atoms with E-state index < -0.39 is 47.1 Å². The van der Waals surface area contributed by atoms with Crippen molar-refractivity contribution in [3.63, 3.8) is 0 Å². The second-order valence-corrected chi connectivity index (χ2v) is 20.5.